The maximum atomic E-state index is 11.1. The highest BCUT2D eigenvalue weighted by Crippen LogP contribution is 2.19. The average molecular weight is 231 g/mol. The van der Waals surface area contributed by atoms with Crippen molar-refractivity contribution in [1.29, 1.82) is 0 Å². The molecule has 0 atom stereocenters. The van der Waals surface area contributed by atoms with Gasteiger partial charge in [-0.3, -0.25) is 9.59 Å². The first-order valence-electron chi connectivity index (χ1n) is 5.20. The van der Waals surface area contributed by atoms with E-state index in [4.69, 9.17) is 5.73 Å². The molecule has 0 spiro atoms. The molecule has 0 unspecified atom stereocenters. The number of amides is 2. The van der Waals surface area contributed by atoms with Crippen molar-refractivity contribution in [3.05, 3.63) is 36.0 Å². The first-order chi connectivity index (χ1) is 8.09. The number of hydrogen-bond donors (Lipinski definition) is 2. The number of carbonyl (C=O) groups excluding carboxylic acids is 2. The lowest BCUT2D eigenvalue weighted by atomic mass is 10.2. The lowest BCUT2D eigenvalue weighted by Crippen LogP contribution is -2.35. The molecule has 0 aliphatic heterocycles. The summed E-state index contributed by atoms with van der Waals surface area (Å²) in [6.45, 7) is 0.295. The number of primary amides is 1. The number of hydrogen-bond acceptors (Lipinski definition) is 2. The van der Waals surface area contributed by atoms with Gasteiger partial charge in [-0.2, -0.15) is 0 Å². The Bertz CT molecular complexity index is 586. The maximum absolute atomic E-state index is 11.1. The van der Waals surface area contributed by atoms with Gasteiger partial charge < -0.3 is 15.6 Å². The van der Waals surface area contributed by atoms with Gasteiger partial charge in [0.1, 0.15) is 0 Å². The van der Waals surface area contributed by atoms with Crippen molar-refractivity contribution >= 4 is 22.7 Å². The summed E-state index contributed by atoms with van der Waals surface area (Å²) in [5.74, 6) is -1.73. The van der Waals surface area contributed by atoms with Gasteiger partial charge in [0.05, 0.1) is 0 Å². The highest BCUT2D eigenvalue weighted by molar-refractivity contribution is 6.34. The van der Waals surface area contributed by atoms with Gasteiger partial charge in [0.2, 0.25) is 0 Å². The monoisotopic (exact) mass is 231 g/mol. The molecule has 0 fully saturated rings. The molecule has 0 bridgehead atoms. The normalized spacial score (nSPS) is 10.4. The number of nitrogens with zero attached hydrogens (tertiary/aromatic N) is 1. The zero-order valence-electron chi connectivity index (χ0n) is 9.43. The smallest absolute Gasteiger partial charge is 0.309 e. The molecule has 0 saturated heterocycles. The zero-order chi connectivity index (χ0) is 12.4. The van der Waals surface area contributed by atoms with E-state index in [1.807, 2.05) is 42.1 Å². The van der Waals surface area contributed by atoms with Gasteiger partial charge in [0.25, 0.3) is 0 Å². The van der Waals surface area contributed by atoms with Gasteiger partial charge in [0, 0.05) is 30.7 Å². The molecular formula is C12H13N3O2. The van der Waals surface area contributed by atoms with Crippen LogP contribution in [0.2, 0.25) is 0 Å². The van der Waals surface area contributed by atoms with Crippen molar-refractivity contribution in [2.75, 3.05) is 0 Å². The second-order valence-corrected chi connectivity index (χ2v) is 3.83. The minimum absolute atomic E-state index is 0.295. The van der Waals surface area contributed by atoms with Crippen LogP contribution in [-0.4, -0.2) is 16.4 Å². The van der Waals surface area contributed by atoms with Crippen molar-refractivity contribution in [3.8, 4) is 0 Å². The molecule has 5 nitrogen and oxygen atoms in total. The minimum Gasteiger partial charge on any atom is -0.361 e. The Morgan fingerprint density at radius 1 is 1.35 bits per heavy atom. The summed E-state index contributed by atoms with van der Waals surface area (Å²) in [7, 11) is 1.93. The average Bonchev–Trinajstić information content (AvgIpc) is 2.64. The molecule has 1 heterocycles. The van der Waals surface area contributed by atoms with Gasteiger partial charge in [-0.1, -0.05) is 18.2 Å². The Labute approximate surface area is 98.2 Å². The quantitative estimate of drug-likeness (QED) is 0.728. The Kier molecular flexibility index (Phi) is 2.82. The predicted octanol–water partition coefficient (Wildman–Crippen LogP) is 0.280. The Balaban J connectivity index is 2.25. The van der Waals surface area contributed by atoms with Crippen LogP contribution in [0.1, 0.15) is 5.56 Å². The molecule has 2 amide bonds. The molecule has 0 saturated carbocycles. The van der Waals surface area contributed by atoms with E-state index in [1.54, 1.807) is 0 Å². The third-order valence-electron chi connectivity index (χ3n) is 2.64. The third-order valence-corrected chi connectivity index (χ3v) is 2.64. The van der Waals surface area contributed by atoms with E-state index >= 15 is 0 Å². The summed E-state index contributed by atoms with van der Waals surface area (Å²) >= 11 is 0. The molecule has 17 heavy (non-hydrogen) atoms. The van der Waals surface area contributed by atoms with Crippen molar-refractivity contribution < 1.29 is 9.59 Å². The van der Waals surface area contributed by atoms with Crippen molar-refractivity contribution in [2.24, 2.45) is 12.8 Å². The summed E-state index contributed by atoms with van der Waals surface area (Å²) in [6, 6.07) is 7.85. The van der Waals surface area contributed by atoms with E-state index in [2.05, 4.69) is 5.32 Å². The van der Waals surface area contributed by atoms with Gasteiger partial charge in [-0.15, -0.1) is 0 Å². The Morgan fingerprint density at radius 3 is 2.76 bits per heavy atom. The number of carbonyl (C=O) groups is 2. The van der Waals surface area contributed by atoms with E-state index in [1.165, 1.54) is 0 Å². The van der Waals surface area contributed by atoms with Crippen LogP contribution in [0.5, 0.6) is 0 Å². The van der Waals surface area contributed by atoms with Crippen LogP contribution in [-0.2, 0) is 23.2 Å². The van der Waals surface area contributed by atoms with Crippen LogP contribution in [0.4, 0.5) is 0 Å². The number of para-hydroxylation sites is 1. The Morgan fingerprint density at radius 2 is 2.06 bits per heavy atom. The fraction of sp³-hybridized carbons (Fsp3) is 0.167. The number of rotatable bonds is 2. The molecular weight excluding hydrogens is 218 g/mol. The molecule has 2 aromatic rings. The van der Waals surface area contributed by atoms with Crippen LogP contribution in [0, 0.1) is 0 Å². The van der Waals surface area contributed by atoms with Gasteiger partial charge in [-0.05, 0) is 11.6 Å². The number of benzene rings is 1. The number of nitrogens with one attached hydrogen (secondary N) is 1. The lowest BCUT2D eigenvalue weighted by Gasteiger charge is -2.00. The number of aromatic nitrogens is 1. The minimum atomic E-state index is -0.967. The van der Waals surface area contributed by atoms with E-state index < -0.39 is 11.8 Å². The molecule has 0 aliphatic rings. The van der Waals surface area contributed by atoms with E-state index in [0.29, 0.717) is 6.54 Å². The molecule has 88 valence electrons. The first-order valence-corrected chi connectivity index (χ1v) is 5.20. The standard InChI is InChI=1S/C12H13N3O2/c1-15-7-8(6-14-12(17)11(13)16)9-4-2-3-5-10(9)15/h2-5,7H,6H2,1H3,(H2,13,16)(H,14,17). The molecule has 2 rings (SSSR count). The summed E-state index contributed by atoms with van der Waals surface area (Å²) in [5, 5.41) is 3.53. The number of nitrogens with two attached hydrogens (primary N) is 1. The van der Waals surface area contributed by atoms with E-state index in [-0.39, 0.29) is 0 Å². The summed E-state index contributed by atoms with van der Waals surface area (Å²) < 4.78 is 1.97. The van der Waals surface area contributed by atoms with Crippen molar-refractivity contribution in [2.45, 2.75) is 6.54 Å². The molecule has 5 heteroatoms. The summed E-state index contributed by atoms with van der Waals surface area (Å²) in [6.07, 6.45) is 1.92. The third kappa shape index (κ3) is 2.13. The van der Waals surface area contributed by atoms with Gasteiger partial charge >= 0.3 is 11.8 Å². The van der Waals surface area contributed by atoms with Crippen LogP contribution in [0.3, 0.4) is 0 Å². The van der Waals surface area contributed by atoms with Gasteiger partial charge in [-0.25, -0.2) is 0 Å². The second-order valence-electron chi connectivity index (χ2n) is 3.83. The van der Waals surface area contributed by atoms with E-state index in [9.17, 15) is 9.59 Å². The summed E-state index contributed by atoms with van der Waals surface area (Å²) in [4.78, 5) is 21.7. The highest BCUT2D eigenvalue weighted by Gasteiger charge is 2.10. The largest absolute Gasteiger partial charge is 0.361 e. The lowest BCUT2D eigenvalue weighted by molar-refractivity contribution is -0.137. The van der Waals surface area contributed by atoms with Crippen LogP contribution in [0.15, 0.2) is 30.5 Å². The van der Waals surface area contributed by atoms with Crippen LogP contribution in [0.25, 0.3) is 10.9 Å². The maximum Gasteiger partial charge on any atom is 0.309 e. The zero-order valence-corrected chi connectivity index (χ0v) is 9.43. The molecule has 0 aliphatic carbocycles. The fourth-order valence-corrected chi connectivity index (χ4v) is 1.83. The van der Waals surface area contributed by atoms with Crippen molar-refractivity contribution in [3.63, 3.8) is 0 Å². The predicted molar refractivity (Wildman–Crippen MR) is 64.0 cm³/mol. The van der Waals surface area contributed by atoms with Gasteiger partial charge in [0.15, 0.2) is 0 Å². The van der Waals surface area contributed by atoms with E-state index in [0.717, 1.165) is 16.5 Å². The molecule has 1 aromatic heterocycles. The summed E-state index contributed by atoms with van der Waals surface area (Å²) in [5.41, 5.74) is 6.90. The fourth-order valence-electron chi connectivity index (χ4n) is 1.83. The molecule has 0 radical (unpaired) electrons. The topological polar surface area (TPSA) is 77.1 Å². The Hall–Kier alpha value is -2.30. The number of fused-ring (bicyclic) bond motifs is 1. The van der Waals surface area contributed by atoms with Crippen molar-refractivity contribution in [1.82, 2.24) is 9.88 Å². The molecule has 1 aromatic carbocycles. The molecule has 3 N–H and O–H groups in total. The highest BCUT2D eigenvalue weighted by atomic mass is 16.2. The second kappa shape index (κ2) is 4.29. The first kappa shape index (κ1) is 11.2. The van der Waals surface area contributed by atoms with Crippen LogP contribution < -0.4 is 11.1 Å². The SMILES string of the molecule is Cn1cc(CNC(=O)C(N)=O)c2ccccc21. The number of aryl methyl sites for hydroxylation is 1. The van der Waals surface area contributed by atoms with Crippen LogP contribution >= 0.6 is 0 Å².